The first-order valence-electron chi connectivity index (χ1n) is 7.92. The quantitative estimate of drug-likeness (QED) is 0.286. The van der Waals surface area contributed by atoms with Crippen molar-refractivity contribution >= 4 is 17.6 Å². The predicted molar refractivity (Wildman–Crippen MR) is 82.0 cm³/mol. The molecule has 0 spiro atoms. The van der Waals surface area contributed by atoms with Crippen LogP contribution < -0.4 is 0 Å². The average Bonchev–Trinajstić information content (AvgIpc) is 3.11. The number of benzene rings is 1. The van der Waals surface area contributed by atoms with Crippen LogP contribution in [0.25, 0.3) is 0 Å². The highest BCUT2D eigenvalue weighted by Crippen LogP contribution is 2.61. The fourth-order valence-electron chi connectivity index (χ4n) is 2.83. The SMILES string of the molecule is CC1(C)C(C=C(Cl)C(F)(F)C(F)(F)F)C1C(=O)OC(F)(F)c1ccc(F)c(F)c1F. The number of carbonyl (C=O) groups is 1. The third-order valence-electron chi connectivity index (χ3n) is 4.72. The van der Waals surface area contributed by atoms with E-state index in [0.29, 0.717) is 0 Å². The Morgan fingerprint density at radius 2 is 1.57 bits per heavy atom. The molecule has 0 N–H and O–H groups in total. The Hall–Kier alpha value is -1.98. The molecule has 13 heteroatoms. The first-order chi connectivity index (χ1) is 13.4. The molecule has 0 aromatic heterocycles. The minimum Gasteiger partial charge on any atom is -0.397 e. The molecule has 0 heterocycles. The van der Waals surface area contributed by atoms with Gasteiger partial charge in [-0.1, -0.05) is 31.5 Å². The van der Waals surface area contributed by atoms with Gasteiger partial charge in [-0.05, 0) is 23.5 Å². The zero-order valence-electron chi connectivity index (χ0n) is 14.9. The number of hydrogen-bond donors (Lipinski definition) is 0. The maximum atomic E-state index is 14.1. The Bertz CT molecular complexity index is 891. The van der Waals surface area contributed by atoms with Crippen LogP contribution in [0.5, 0.6) is 0 Å². The minimum absolute atomic E-state index is 0.122. The average molecular weight is 473 g/mol. The summed E-state index contributed by atoms with van der Waals surface area (Å²) >= 11 is 5.04. The maximum absolute atomic E-state index is 14.1. The van der Waals surface area contributed by atoms with Crippen LogP contribution in [0.3, 0.4) is 0 Å². The summed E-state index contributed by atoms with van der Waals surface area (Å²) in [5, 5.41) is -1.97. The highest BCUT2D eigenvalue weighted by atomic mass is 35.5. The van der Waals surface area contributed by atoms with E-state index in [9.17, 15) is 48.7 Å². The van der Waals surface area contributed by atoms with Gasteiger partial charge in [0, 0.05) is 0 Å². The van der Waals surface area contributed by atoms with Crippen molar-refractivity contribution in [1.29, 1.82) is 0 Å². The van der Waals surface area contributed by atoms with Crippen LogP contribution in [0.4, 0.5) is 43.9 Å². The van der Waals surface area contributed by atoms with E-state index < -0.39 is 69.5 Å². The number of alkyl halides is 7. The molecule has 2 atom stereocenters. The molecular formula is C17H11ClF10O2. The predicted octanol–water partition coefficient (Wildman–Crippen LogP) is 6.29. The third kappa shape index (κ3) is 4.10. The first kappa shape index (κ1) is 24.3. The lowest BCUT2D eigenvalue weighted by molar-refractivity contribution is -0.261. The van der Waals surface area contributed by atoms with Crippen LogP contribution in [-0.4, -0.2) is 18.1 Å². The van der Waals surface area contributed by atoms with Crippen LogP contribution in [0.2, 0.25) is 0 Å². The second-order valence-electron chi connectivity index (χ2n) is 7.07. The molecule has 0 aliphatic heterocycles. The number of carbonyl (C=O) groups excluding carboxylic acids is 1. The van der Waals surface area contributed by atoms with Crippen LogP contribution >= 0.6 is 11.6 Å². The van der Waals surface area contributed by atoms with E-state index in [4.69, 9.17) is 11.6 Å². The van der Waals surface area contributed by atoms with Gasteiger partial charge in [-0.3, -0.25) is 4.79 Å². The van der Waals surface area contributed by atoms with Crippen molar-refractivity contribution in [3.63, 3.8) is 0 Å². The van der Waals surface area contributed by atoms with E-state index in [0.717, 1.165) is 0 Å². The largest absolute Gasteiger partial charge is 0.459 e. The Balaban J connectivity index is 2.26. The van der Waals surface area contributed by atoms with E-state index in [1.807, 2.05) is 0 Å². The van der Waals surface area contributed by atoms with E-state index in [-0.39, 0.29) is 18.2 Å². The van der Waals surface area contributed by atoms with Crippen molar-refractivity contribution in [3.05, 3.63) is 46.3 Å². The van der Waals surface area contributed by atoms with Gasteiger partial charge < -0.3 is 4.74 Å². The monoisotopic (exact) mass is 472 g/mol. The maximum Gasteiger partial charge on any atom is 0.459 e. The van der Waals surface area contributed by atoms with Crippen molar-refractivity contribution in [2.24, 2.45) is 17.3 Å². The lowest BCUT2D eigenvalue weighted by atomic mass is 10.1. The summed E-state index contributed by atoms with van der Waals surface area (Å²) in [7, 11) is 0. The zero-order valence-corrected chi connectivity index (χ0v) is 15.6. The molecule has 1 aromatic rings. The molecule has 0 amide bonds. The van der Waals surface area contributed by atoms with Gasteiger partial charge in [-0.2, -0.15) is 30.7 Å². The number of allylic oxidation sites excluding steroid dienone is 2. The topological polar surface area (TPSA) is 26.3 Å². The number of halogens is 11. The Labute approximate surface area is 167 Å². The summed E-state index contributed by atoms with van der Waals surface area (Å²) in [6.07, 6.45) is -10.6. The Kier molecular flexibility index (Phi) is 5.92. The second-order valence-corrected chi connectivity index (χ2v) is 7.48. The van der Waals surface area contributed by atoms with Crippen molar-refractivity contribution in [2.45, 2.75) is 32.1 Å². The molecule has 1 aliphatic rings. The van der Waals surface area contributed by atoms with Gasteiger partial charge in [-0.15, -0.1) is 0 Å². The zero-order chi connectivity index (χ0) is 23.4. The van der Waals surface area contributed by atoms with E-state index in [1.54, 1.807) is 0 Å². The normalized spacial score (nSPS) is 22.1. The van der Waals surface area contributed by atoms with Crippen molar-refractivity contribution < 1.29 is 53.4 Å². The number of rotatable bonds is 5. The van der Waals surface area contributed by atoms with Crippen LogP contribution in [-0.2, 0) is 15.6 Å². The van der Waals surface area contributed by atoms with E-state index >= 15 is 0 Å². The van der Waals surface area contributed by atoms with Gasteiger partial charge in [0.25, 0.3) is 0 Å². The Morgan fingerprint density at radius 1 is 1.03 bits per heavy atom. The van der Waals surface area contributed by atoms with Gasteiger partial charge in [0.15, 0.2) is 17.5 Å². The highest BCUT2D eigenvalue weighted by Gasteiger charge is 2.65. The molecule has 30 heavy (non-hydrogen) atoms. The van der Waals surface area contributed by atoms with E-state index in [2.05, 4.69) is 4.74 Å². The molecule has 2 rings (SSSR count). The van der Waals surface area contributed by atoms with Gasteiger partial charge >= 0.3 is 24.2 Å². The Morgan fingerprint density at radius 3 is 2.07 bits per heavy atom. The molecule has 1 saturated carbocycles. The summed E-state index contributed by atoms with van der Waals surface area (Å²) in [6.45, 7) is 2.35. The molecule has 168 valence electrons. The number of hydrogen-bond acceptors (Lipinski definition) is 2. The summed E-state index contributed by atoms with van der Waals surface area (Å²) in [4.78, 5) is 12.0. The molecule has 0 radical (unpaired) electrons. The lowest BCUT2D eigenvalue weighted by Crippen LogP contribution is -2.36. The molecule has 0 bridgehead atoms. The molecular weight excluding hydrogens is 462 g/mol. The molecule has 1 fully saturated rings. The lowest BCUT2D eigenvalue weighted by Gasteiger charge is -2.19. The fraction of sp³-hybridized carbons (Fsp3) is 0.471. The summed E-state index contributed by atoms with van der Waals surface area (Å²) < 4.78 is 135. The van der Waals surface area contributed by atoms with Crippen LogP contribution in [0.1, 0.15) is 19.4 Å². The molecule has 2 nitrogen and oxygen atoms in total. The van der Waals surface area contributed by atoms with E-state index in [1.165, 1.54) is 13.8 Å². The highest BCUT2D eigenvalue weighted by molar-refractivity contribution is 6.30. The molecule has 1 aromatic carbocycles. The van der Waals surface area contributed by atoms with Gasteiger partial charge in [0.2, 0.25) is 0 Å². The van der Waals surface area contributed by atoms with Crippen molar-refractivity contribution in [2.75, 3.05) is 0 Å². The summed E-state index contributed by atoms with van der Waals surface area (Å²) in [5.74, 6) is -16.7. The minimum atomic E-state index is -6.03. The van der Waals surface area contributed by atoms with Crippen molar-refractivity contribution in [3.8, 4) is 0 Å². The van der Waals surface area contributed by atoms with Crippen molar-refractivity contribution in [1.82, 2.24) is 0 Å². The molecule has 1 aliphatic carbocycles. The molecule has 0 saturated heterocycles. The van der Waals surface area contributed by atoms with Crippen LogP contribution in [0.15, 0.2) is 23.2 Å². The smallest absolute Gasteiger partial charge is 0.397 e. The number of ether oxygens (including phenoxy) is 1. The molecule has 2 unspecified atom stereocenters. The summed E-state index contributed by atoms with van der Waals surface area (Å²) in [6, 6.07) is 0.276. The van der Waals surface area contributed by atoms with Gasteiger partial charge in [0.05, 0.1) is 11.0 Å². The third-order valence-corrected chi connectivity index (χ3v) is 5.09. The van der Waals surface area contributed by atoms with Crippen LogP contribution in [0, 0.1) is 34.7 Å². The second kappa shape index (κ2) is 7.31. The van der Waals surface area contributed by atoms with Gasteiger partial charge in [0.1, 0.15) is 5.56 Å². The standard InChI is InChI=1S/C17H11ClF10O2/c1-14(2)7(5-9(18)15(22,23)17(26,27)28)10(14)13(29)30-16(24,25)6-3-4-8(19)12(21)11(6)20/h3-5,7,10H,1-2H3. The summed E-state index contributed by atoms with van der Waals surface area (Å²) in [5.41, 5.74) is -3.23. The number of esters is 1. The van der Waals surface area contributed by atoms with Gasteiger partial charge in [-0.25, -0.2) is 13.2 Å². The first-order valence-corrected chi connectivity index (χ1v) is 8.30. The fourth-order valence-corrected chi connectivity index (χ4v) is 3.07.